The summed E-state index contributed by atoms with van der Waals surface area (Å²) in [4.78, 5) is 0. The Kier molecular flexibility index (Phi) is 7.20. The first-order valence-electron chi connectivity index (χ1n) is 9.22. The maximum Gasteiger partial charge on any atom is 0.330 e. The second kappa shape index (κ2) is 9.23. The van der Waals surface area contributed by atoms with Gasteiger partial charge in [-0.05, 0) is 51.0 Å². The van der Waals surface area contributed by atoms with Crippen molar-refractivity contribution in [3.63, 3.8) is 0 Å². The summed E-state index contributed by atoms with van der Waals surface area (Å²) in [6, 6.07) is 12.8. The number of halogens is 2. The molecular formula is C20H24Br2NO3P. The first kappa shape index (κ1) is 21.1. The minimum absolute atomic E-state index is 0.409. The van der Waals surface area contributed by atoms with Crippen LogP contribution in [0.1, 0.15) is 26.7 Å². The Morgan fingerprint density at radius 3 is 1.89 bits per heavy atom. The zero-order valence-electron chi connectivity index (χ0n) is 15.6. The third kappa shape index (κ3) is 4.86. The molecule has 7 heteroatoms. The largest absolute Gasteiger partial charge is 0.340 e. The molecule has 2 aromatic carbocycles. The van der Waals surface area contributed by atoms with Crippen molar-refractivity contribution in [3.05, 3.63) is 45.3 Å². The van der Waals surface area contributed by atoms with Crippen LogP contribution in [0.2, 0.25) is 0 Å². The zero-order chi connectivity index (χ0) is 19.4. The van der Waals surface area contributed by atoms with Crippen LogP contribution in [-0.4, -0.2) is 23.9 Å². The number of benzene rings is 2. The highest BCUT2D eigenvalue weighted by atomic mass is 79.9. The number of unbranched alkanes of at least 4 members (excludes halogenated alkanes) is 1. The molecule has 0 fully saturated rings. The number of hydrogen-bond donors (Lipinski definition) is 0. The first-order chi connectivity index (χ1) is 13.0. The molecule has 0 saturated carbocycles. The van der Waals surface area contributed by atoms with Gasteiger partial charge in [-0.15, -0.1) is 0 Å². The quantitative estimate of drug-likeness (QED) is 0.220. The van der Waals surface area contributed by atoms with E-state index >= 15 is 0 Å². The average molecular weight is 517 g/mol. The van der Waals surface area contributed by atoms with E-state index in [1.165, 1.54) is 21.8 Å². The van der Waals surface area contributed by atoms with Crippen molar-refractivity contribution in [2.24, 2.45) is 0 Å². The van der Waals surface area contributed by atoms with Crippen molar-refractivity contribution in [1.29, 1.82) is 0 Å². The molecule has 0 aliphatic rings. The molecule has 0 atom stereocenters. The van der Waals surface area contributed by atoms with Gasteiger partial charge < -0.3 is 13.6 Å². The summed E-state index contributed by atoms with van der Waals surface area (Å²) in [7, 11) is -2.96. The van der Waals surface area contributed by atoms with E-state index in [2.05, 4.69) is 72.8 Å². The normalized spacial score (nSPS) is 12.3. The number of fused-ring (bicyclic) bond motifs is 3. The van der Waals surface area contributed by atoms with Crippen LogP contribution >= 0.6 is 39.5 Å². The van der Waals surface area contributed by atoms with Gasteiger partial charge in [0.2, 0.25) is 0 Å². The summed E-state index contributed by atoms with van der Waals surface area (Å²) in [5.74, 6) is 0. The SMILES string of the molecule is CCOP(=O)(CCCCn1c2cc(Br)ccc2c2ccc(Br)cc21)OCC. The number of hydrogen-bond acceptors (Lipinski definition) is 3. The maximum absolute atomic E-state index is 12.6. The Labute approximate surface area is 177 Å². The number of aromatic nitrogens is 1. The van der Waals surface area contributed by atoms with Crippen LogP contribution in [-0.2, 0) is 20.2 Å². The van der Waals surface area contributed by atoms with E-state index in [-0.39, 0.29) is 0 Å². The van der Waals surface area contributed by atoms with E-state index in [4.69, 9.17) is 9.05 Å². The maximum atomic E-state index is 12.6. The molecule has 0 aliphatic carbocycles. The van der Waals surface area contributed by atoms with Crippen molar-refractivity contribution >= 4 is 61.3 Å². The van der Waals surface area contributed by atoms with Gasteiger partial charge in [-0.2, -0.15) is 0 Å². The van der Waals surface area contributed by atoms with Crippen LogP contribution < -0.4 is 0 Å². The van der Waals surface area contributed by atoms with E-state index in [9.17, 15) is 4.57 Å². The molecule has 0 spiro atoms. The summed E-state index contributed by atoms with van der Waals surface area (Å²) in [6.07, 6.45) is 2.15. The fraction of sp³-hybridized carbons (Fsp3) is 0.400. The molecule has 0 aliphatic heterocycles. The fourth-order valence-electron chi connectivity index (χ4n) is 3.42. The molecule has 0 N–H and O–H groups in total. The van der Waals surface area contributed by atoms with E-state index in [1.807, 2.05) is 13.8 Å². The minimum Gasteiger partial charge on any atom is -0.340 e. The molecule has 1 heterocycles. The Balaban J connectivity index is 1.82. The Hall–Kier alpha value is -0.650. The molecule has 0 radical (unpaired) electrons. The lowest BCUT2D eigenvalue weighted by Crippen LogP contribution is -2.03. The highest BCUT2D eigenvalue weighted by Gasteiger charge is 2.22. The van der Waals surface area contributed by atoms with E-state index in [1.54, 1.807) is 0 Å². The fourth-order valence-corrected chi connectivity index (χ4v) is 5.85. The Morgan fingerprint density at radius 2 is 1.41 bits per heavy atom. The van der Waals surface area contributed by atoms with Crippen LogP contribution in [0.15, 0.2) is 45.3 Å². The van der Waals surface area contributed by atoms with Crippen molar-refractivity contribution < 1.29 is 13.6 Å². The smallest absolute Gasteiger partial charge is 0.330 e. The van der Waals surface area contributed by atoms with Crippen LogP contribution in [0.25, 0.3) is 21.8 Å². The van der Waals surface area contributed by atoms with E-state index in [0.717, 1.165) is 28.3 Å². The number of rotatable bonds is 9. The highest BCUT2D eigenvalue weighted by molar-refractivity contribution is 9.10. The van der Waals surface area contributed by atoms with Crippen molar-refractivity contribution in [2.45, 2.75) is 33.2 Å². The van der Waals surface area contributed by atoms with Gasteiger partial charge in [-0.1, -0.05) is 44.0 Å². The predicted molar refractivity (Wildman–Crippen MR) is 120 cm³/mol. The van der Waals surface area contributed by atoms with Gasteiger partial charge in [-0.25, -0.2) is 0 Å². The summed E-state index contributed by atoms with van der Waals surface area (Å²) < 4.78 is 27.9. The van der Waals surface area contributed by atoms with Gasteiger partial charge in [0.1, 0.15) is 0 Å². The molecule has 3 rings (SSSR count). The molecule has 27 heavy (non-hydrogen) atoms. The molecule has 4 nitrogen and oxygen atoms in total. The molecule has 0 unspecified atom stereocenters. The van der Waals surface area contributed by atoms with Gasteiger partial charge in [0, 0.05) is 26.3 Å². The average Bonchev–Trinajstić information content (AvgIpc) is 2.91. The van der Waals surface area contributed by atoms with Crippen LogP contribution in [0.5, 0.6) is 0 Å². The summed E-state index contributed by atoms with van der Waals surface area (Å²) >= 11 is 7.18. The molecule has 3 aromatic rings. The third-order valence-corrected chi connectivity index (χ3v) is 7.66. The second-order valence-corrected chi connectivity index (χ2v) is 10.4. The van der Waals surface area contributed by atoms with Gasteiger partial charge in [0.15, 0.2) is 0 Å². The molecular weight excluding hydrogens is 493 g/mol. The summed E-state index contributed by atoms with van der Waals surface area (Å²) in [5.41, 5.74) is 2.41. The van der Waals surface area contributed by atoms with Gasteiger partial charge in [-0.3, -0.25) is 4.57 Å². The van der Waals surface area contributed by atoms with E-state index in [0.29, 0.717) is 19.4 Å². The monoisotopic (exact) mass is 515 g/mol. The lowest BCUT2D eigenvalue weighted by Gasteiger charge is -2.17. The van der Waals surface area contributed by atoms with Crippen molar-refractivity contribution in [3.8, 4) is 0 Å². The lowest BCUT2D eigenvalue weighted by atomic mass is 10.2. The standard InChI is InChI=1S/C20H24Br2NO3P/c1-3-25-27(24,26-4-2)12-6-5-11-23-19-13-15(21)7-9-17(19)18-10-8-16(22)14-20(18)23/h7-10,13-14H,3-6,11-12H2,1-2H3. The van der Waals surface area contributed by atoms with Crippen LogP contribution in [0.3, 0.4) is 0 Å². The predicted octanol–water partition coefficient (Wildman–Crippen LogP) is 7.37. The van der Waals surface area contributed by atoms with Crippen LogP contribution in [0.4, 0.5) is 0 Å². The summed E-state index contributed by atoms with van der Waals surface area (Å²) in [6.45, 7) is 5.36. The Bertz CT molecular complexity index is 917. The number of aryl methyl sites for hydroxylation is 1. The van der Waals surface area contributed by atoms with Gasteiger partial charge in [0.05, 0.1) is 30.4 Å². The highest BCUT2D eigenvalue weighted by Crippen LogP contribution is 2.48. The number of nitrogens with zero attached hydrogens (tertiary/aromatic N) is 1. The van der Waals surface area contributed by atoms with E-state index < -0.39 is 7.60 Å². The molecule has 1 aromatic heterocycles. The van der Waals surface area contributed by atoms with Crippen molar-refractivity contribution in [2.75, 3.05) is 19.4 Å². The molecule has 0 amide bonds. The first-order valence-corrected chi connectivity index (χ1v) is 12.5. The lowest BCUT2D eigenvalue weighted by molar-refractivity contribution is 0.219. The molecule has 0 saturated heterocycles. The summed E-state index contributed by atoms with van der Waals surface area (Å²) in [5, 5.41) is 2.49. The molecule has 146 valence electrons. The Morgan fingerprint density at radius 1 is 0.889 bits per heavy atom. The van der Waals surface area contributed by atoms with Crippen LogP contribution in [0, 0.1) is 0 Å². The topological polar surface area (TPSA) is 40.5 Å². The molecule has 0 bridgehead atoms. The minimum atomic E-state index is -2.96. The zero-order valence-corrected chi connectivity index (χ0v) is 19.6. The van der Waals surface area contributed by atoms with Crippen molar-refractivity contribution in [1.82, 2.24) is 4.57 Å². The van der Waals surface area contributed by atoms with Gasteiger partial charge in [0.25, 0.3) is 0 Å². The third-order valence-electron chi connectivity index (χ3n) is 4.51. The van der Waals surface area contributed by atoms with Gasteiger partial charge >= 0.3 is 7.60 Å². The second-order valence-electron chi connectivity index (χ2n) is 6.35.